The van der Waals surface area contributed by atoms with Gasteiger partial charge in [0.1, 0.15) is 5.75 Å². The molecular formula is C12H10N2O. The summed E-state index contributed by atoms with van der Waals surface area (Å²) in [7, 11) is 1.75. The highest BCUT2D eigenvalue weighted by molar-refractivity contribution is 5.89. The molecule has 0 radical (unpaired) electrons. The van der Waals surface area contributed by atoms with Crippen molar-refractivity contribution in [3.63, 3.8) is 0 Å². The van der Waals surface area contributed by atoms with Gasteiger partial charge < -0.3 is 10.4 Å². The third kappa shape index (κ3) is 1.57. The number of nitrogens with one attached hydrogen (secondary N) is 1. The topological polar surface area (TPSA) is 56.0 Å². The van der Waals surface area contributed by atoms with Crippen molar-refractivity contribution in [3.05, 3.63) is 35.9 Å². The van der Waals surface area contributed by atoms with E-state index in [-0.39, 0.29) is 5.75 Å². The lowest BCUT2D eigenvalue weighted by atomic mass is 10.1. The van der Waals surface area contributed by atoms with Crippen LogP contribution in [0.2, 0.25) is 0 Å². The molecule has 3 heteroatoms. The van der Waals surface area contributed by atoms with Crippen molar-refractivity contribution in [2.75, 3.05) is 12.4 Å². The number of anilines is 1. The van der Waals surface area contributed by atoms with E-state index in [0.717, 1.165) is 10.8 Å². The van der Waals surface area contributed by atoms with E-state index in [4.69, 9.17) is 5.26 Å². The predicted octanol–water partition coefficient (Wildman–Crippen LogP) is 2.46. The molecule has 0 atom stereocenters. The van der Waals surface area contributed by atoms with Gasteiger partial charge in [0.25, 0.3) is 0 Å². The first-order valence-electron chi connectivity index (χ1n) is 4.59. The van der Waals surface area contributed by atoms with Gasteiger partial charge in [0.05, 0.1) is 17.3 Å². The third-order valence-corrected chi connectivity index (χ3v) is 2.35. The second-order valence-corrected chi connectivity index (χ2v) is 3.29. The van der Waals surface area contributed by atoms with Gasteiger partial charge in [-0.2, -0.15) is 5.26 Å². The Morgan fingerprint density at radius 1 is 1.20 bits per heavy atom. The van der Waals surface area contributed by atoms with Gasteiger partial charge >= 0.3 is 0 Å². The Morgan fingerprint density at radius 2 is 2.00 bits per heavy atom. The fourth-order valence-corrected chi connectivity index (χ4v) is 1.56. The molecule has 2 aromatic carbocycles. The summed E-state index contributed by atoms with van der Waals surface area (Å²) in [6.45, 7) is 0. The van der Waals surface area contributed by atoms with Crippen LogP contribution in [0.3, 0.4) is 0 Å². The van der Waals surface area contributed by atoms with Crippen LogP contribution in [0, 0.1) is 11.3 Å². The van der Waals surface area contributed by atoms with Crippen molar-refractivity contribution in [2.45, 2.75) is 0 Å². The van der Waals surface area contributed by atoms with E-state index in [9.17, 15) is 5.11 Å². The molecule has 0 spiro atoms. The van der Waals surface area contributed by atoms with Crippen molar-refractivity contribution >= 4 is 16.5 Å². The normalized spacial score (nSPS) is 9.87. The molecule has 0 unspecified atom stereocenters. The monoisotopic (exact) mass is 198 g/mol. The molecule has 0 aliphatic rings. The first-order valence-corrected chi connectivity index (χ1v) is 4.59. The first-order chi connectivity index (χ1) is 7.24. The zero-order valence-corrected chi connectivity index (χ0v) is 8.28. The van der Waals surface area contributed by atoms with Crippen LogP contribution in [0.5, 0.6) is 5.75 Å². The minimum absolute atomic E-state index is 0.217. The highest BCUT2D eigenvalue weighted by Crippen LogP contribution is 2.29. The van der Waals surface area contributed by atoms with E-state index in [1.807, 2.05) is 12.1 Å². The van der Waals surface area contributed by atoms with Gasteiger partial charge in [-0.05, 0) is 35.0 Å². The molecule has 3 nitrogen and oxygen atoms in total. The summed E-state index contributed by atoms with van der Waals surface area (Å²) in [6.07, 6.45) is 0. The maximum absolute atomic E-state index is 9.61. The van der Waals surface area contributed by atoms with E-state index < -0.39 is 0 Å². The first kappa shape index (κ1) is 9.35. The second kappa shape index (κ2) is 3.50. The molecule has 0 amide bonds. The highest BCUT2D eigenvalue weighted by Gasteiger charge is 2.02. The van der Waals surface area contributed by atoms with Crippen LogP contribution in [0.1, 0.15) is 5.56 Å². The minimum atomic E-state index is 0.217. The molecule has 0 saturated carbocycles. The Hall–Kier alpha value is -2.21. The molecule has 0 aliphatic carbocycles. The van der Waals surface area contributed by atoms with Crippen LogP contribution in [0.4, 0.5) is 5.69 Å². The number of nitriles is 1. The summed E-state index contributed by atoms with van der Waals surface area (Å²) in [6, 6.07) is 11.0. The van der Waals surface area contributed by atoms with Crippen molar-refractivity contribution in [1.82, 2.24) is 0 Å². The quantitative estimate of drug-likeness (QED) is 0.692. The van der Waals surface area contributed by atoms with E-state index >= 15 is 0 Å². The van der Waals surface area contributed by atoms with Crippen LogP contribution in [-0.4, -0.2) is 12.2 Å². The summed E-state index contributed by atoms with van der Waals surface area (Å²) in [5.41, 5.74) is 1.29. The number of fused-ring (bicyclic) bond motifs is 1. The lowest BCUT2D eigenvalue weighted by Crippen LogP contribution is -1.88. The van der Waals surface area contributed by atoms with Crippen LogP contribution in [-0.2, 0) is 0 Å². The molecule has 0 aromatic heterocycles. The smallest absolute Gasteiger partial charge is 0.139 e. The Bertz CT molecular complexity index is 555. The molecule has 2 aromatic rings. The van der Waals surface area contributed by atoms with Gasteiger partial charge in [-0.25, -0.2) is 0 Å². The third-order valence-electron chi connectivity index (χ3n) is 2.35. The van der Waals surface area contributed by atoms with E-state index in [2.05, 4.69) is 11.4 Å². The summed E-state index contributed by atoms with van der Waals surface area (Å²) >= 11 is 0. The van der Waals surface area contributed by atoms with Crippen molar-refractivity contribution in [2.24, 2.45) is 0 Å². The Morgan fingerprint density at radius 3 is 2.67 bits per heavy atom. The number of rotatable bonds is 1. The van der Waals surface area contributed by atoms with Gasteiger partial charge in [-0.3, -0.25) is 0 Å². The molecule has 15 heavy (non-hydrogen) atoms. The number of hydrogen-bond acceptors (Lipinski definition) is 3. The zero-order valence-electron chi connectivity index (χ0n) is 8.28. The van der Waals surface area contributed by atoms with Gasteiger partial charge in [0, 0.05) is 7.05 Å². The number of hydrogen-bond donors (Lipinski definition) is 2. The number of aromatic hydroxyl groups is 1. The van der Waals surface area contributed by atoms with Crippen LogP contribution < -0.4 is 5.32 Å². The fraction of sp³-hybridized carbons (Fsp3) is 0.0833. The van der Waals surface area contributed by atoms with E-state index in [1.165, 1.54) is 0 Å². The molecule has 0 heterocycles. The largest absolute Gasteiger partial charge is 0.506 e. The van der Waals surface area contributed by atoms with Crippen LogP contribution >= 0.6 is 0 Å². The van der Waals surface area contributed by atoms with E-state index in [0.29, 0.717) is 11.3 Å². The van der Waals surface area contributed by atoms with E-state index in [1.54, 1.807) is 25.2 Å². The molecule has 0 fully saturated rings. The minimum Gasteiger partial charge on any atom is -0.506 e. The molecule has 0 aliphatic heterocycles. The SMILES string of the molecule is CNc1cc2cc(C#N)ccc2cc1O. The molecule has 0 bridgehead atoms. The van der Waals surface area contributed by atoms with Gasteiger partial charge in [-0.1, -0.05) is 6.07 Å². The highest BCUT2D eigenvalue weighted by atomic mass is 16.3. The molecular weight excluding hydrogens is 188 g/mol. The average molecular weight is 198 g/mol. The molecule has 2 rings (SSSR count). The zero-order chi connectivity index (χ0) is 10.8. The second-order valence-electron chi connectivity index (χ2n) is 3.29. The summed E-state index contributed by atoms with van der Waals surface area (Å²) in [4.78, 5) is 0. The van der Waals surface area contributed by atoms with Crippen molar-refractivity contribution in [3.8, 4) is 11.8 Å². The maximum atomic E-state index is 9.61. The number of nitrogens with zero attached hydrogens (tertiary/aromatic N) is 1. The van der Waals surface area contributed by atoms with Crippen molar-refractivity contribution in [1.29, 1.82) is 5.26 Å². The fourth-order valence-electron chi connectivity index (χ4n) is 1.56. The number of phenols is 1. The van der Waals surface area contributed by atoms with Crippen molar-refractivity contribution < 1.29 is 5.11 Å². The molecule has 2 N–H and O–H groups in total. The molecule has 0 saturated heterocycles. The summed E-state index contributed by atoms with van der Waals surface area (Å²) in [5.74, 6) is 0.217. The number of phenolic OH excluding ortho intramolecular Hbond substituents is 1. The average Bonchev–Trinajstić information content (AvgIpc) is 2.27. The maximum Gasteiger partial charge on any atom is 0.139 e. The lowest BCUT2D eigenvalue weighted by molar-refractivity contribution is 0.478. The summed E-state index contributed by atoms with van der Waals surface area (Å²) < 4.78 is 0. The lowest BCUT2D eigenvalue weighted by Gasteiger charge is -2.06. The van der Waals surface area contributed by atoms with Crippen LogP contribution in [0.25, 0.3) is 10.8 Å². The summed E-state index contributed by atoms with van der Waals surface area (Å²) in [5, 5.41) is 23.1. The standard InChI is InChI=1S/C12H10N2O/c1-14-11-5-10-4-8(7-13)2-3-9(10)6-12(11)15/h2-6,14-15H,1H3. The Balaban J connectivity index is 2.72. The Kier molecular flexibility index (Phi) is 2.18. The van der Waals surface area contributed by atoms with Gasteiger partial charge in [-0.15, -0.1) is 0 Å². The van der Waals surface area contributed by atoms with Crippen LogP contribution in [0.15, 0.2) is 30.3 Å². The predicted molar refractivity (Wildman–Crippen MR) is 59.9 cm³/mol. The molecule has 74 valence electrons. The van der Waals surface area contributed by atoms with Gasteiger partial charge in [0.15, 0.2) is 0 Å². The van der Waals surface area contributed by atoms with Gasteiger partial charge in [0.2, 0.25) is 0 Å². The Labute approximate surface area is 87.6 Å². The number of benzene rings is 2.